The summed E-state index contributed by atoms with van der Waals surface area (Å²) in [6, 6.07) is 0. The van der Waals surface area contributed by atoms with E-state index < -0.39 is 0 Å². The van der Waals surface area contributed by atoms with Gasteiger partial charge < -0.3 is 0 Å². The van der Waals surface area contributed by atoms with Gasteiger partial charge in [0.2, 0.25) is 0 Å². The lowest BCUT2D eigenvalue weighted by Gasteiger charge is -2.31. The van der Waals surface area contributed by atoms with Crippen molar-refractivity contribution in [2.45, 2.75) is 67.7 Å². The molecule has 15 heavy (non-hydrogen) atoms. The predicted molar refractivity (Wildman–Crippen MR) is 71.0 cm³/mol. The zero-order chi connectivity index (χ0) is 12.0. The third kappa shape index (κ3) is 5.04. The van der Waals surface area contributed by atoms with E-state index in [2.05, 4.69) is 48.5 Å². The highest BCUT2D eigenvalue weighted by molar-refractivity contribution is 4.73. The second kappa shape index (κ2) is 7.30. The molecular formula is C15H32. The SMILES string of the molecule is CCC(C)C(C)CC(C(C)C)C(C)CC. The van der Waals surface area contributed by atoms with Crippen molar-refractivity contribution in [1.29, 1.82) is 0 Å². The second-order valence-electron chi connectivity index (χ2n) is 5.89. The van der Waals surface area contributed by atoms with E-state index in [-0.39, 0.29) is 0 Å². The first-order chi connectivity index (χ1) is 6.93. The van der Waals surface area contributed by atoms with Crippen molar-refractivity contribution in [3.05, 3.63) is 0 Å². The molecule has 0 saturated heterocycles. The van der Waals surface area contributed by atoms with Crippen LogP contribution in [0.2, 0.25) is 0 Å². The van der Waals surface area contributed by atoms with E-state index in [4.69, 9.17) is 0 Å². The van der Waals surface area contributed by atoms with E-state index in [0.29, 0.717) is 0 Å². The maximum Gasteiger partial charge on any atom is -0.0363 e. The fourth-order valence-electron chi connectivity index (χ4n) is 2.53. The molecule has 0 aliphatic carbocycles. The first-order valence-corrected chi connectivity index (χ1v) is 6.93. The molecule has 4 unspecified atom stereocenters. The van der Waals surface area contributed by atoms with Gasteiger partial charge in [0.15, 0.2) is 0 Å². The molecule has 0 spiro atoms. The van der Waals surface area contributed by atoms with Crippen LogP contribution in [0.1, 0.15) is 67.7 Å². The number of hydrogen-bond acceptors (Lipinski definition) is 0. The van der Waals surface area contributed by atoms with Crippen molar-refractivity contribution in [2.75, 3.05) is 0 Å². The van der Waals surface area contributed by atoms with Crippen LogP contribution in [0.3, 0.4) is 0 Å². The lowest BCUT2D eigenvalue weighted by atomic mass is 9.74. The van der Waals surface area contributed by atoms with E-state index in [1.807, 2.05) is 0 Å². The smallest absolute Gasteiger partial charge is 0.0363 e. The van der Waals surface area contributed by atoms with Gasteiger partial charge >= 0.3 is 0 Å². The van der Waals surface area contributed by atoms with Crippen molar-refractivity contribution in [2.24, 2.45) is 29.6 Å². The molecule has 4 atom stereocenters. The third-order valence-electron chi connectivity index (χ3n) is 4.49. The Morgan fingerprint density at radius 1 is 0.667 bits per heavy atom. The van der Waals surface area contributed by atoms with Crippen LogP contribution in [0, 0.1) is 29.6 Å². The predicted octanol–water partition coefficient (Wildman–Crippen LogP) is 5.38. The summed E-state index contributed by atoms with van der Waals surface area (Å²) >= 11 is 0. The molecule has 0 heteroatoms. The molecule has 0 aliphatic heterocycles. The van der Waals surface area contributed by atoms with Crippen LogP contribution in [0.25, 0.3) is 0 Å². The number of hydrogen-bond donors (Lipinski definition) is 0. The van der Waals surface area contributed by atoms with Crippen molar-refractivity contribution >= 4 is 0 Å². The summed E-state index contributed by atoms with van der Waals surface area (Å²) in [4.78, 5) is 0. The van der Waals surface area contributed by atoms with Gasteiger partial charge in [-0.15, -0.1) is 0 Å². The van der Waals surface area contributed by atoms with Crippen LogP contribution in [-0.2, 0) is 0 Å². The Bertz CT molecular complexity index is 148. The van der Waals surface area contributed by atoms with Crippen LogP contribution in [0.4, 0.5) is 0 Å². The van der Waals surface area contributed by atoms with Crippen molar-refractivity contribution < 1.29 is 0 Å². The average molecular weight is 212 g/mol. The molecule has 92 valence electrons. The molecule has 0 radical (unpaired) electrons. The molecule has 0 fully saturated rings. The summed E-state index contributed by atoms with van der Waals surface area (Å²) in [5.74, 6) is 4.41. The molecule has 0 nitrogen and oxygen atoms in total. The monoisotopic (exact) mass is 212 g/mol. The summed E-state index contributed by atoms with van der Waals surface area (Å²) in [5, 5.41) is 0. The van der Waals surface area contributed by atoms with E-state index in [1.54, 1.807) is 0 Å². The summed E-state index contributed by atoms with van der Waals surface area (Å²) in [7, 11) is 0. The van der Waals surface area contributed by atoms with Crippen LogP contribution in [0.5, 0.6) is 0 Å². The fraction of sp³-hybridized carbons (Fsp3) is 1.00. The lowest BCUT2D eigenvalue weighted by molar-refractivity contribution is 0.189. The molecule has 0 bridgehead atoms. The molecular weight excluding hydrogens is 180 g/mol. The summed E-state index contributed by atoms with van der Waals surface area (Å²) in [6.45, 7) is 16.7. The summed E-state index contributed by atoms with van der Waals surface area (Å²) in [5.41, 5.74) is 0. The van der Waals surface area contributed by atoms with Crippen LogP contribution in [-0.4, -0.2) is 0 Å². The first-order valence-electron chi connectivity index (χ1n) is 6.93. The van der Waals surface area contributed by atoms with Gasteiger partial charge in [-0.1, -0.05) is 61.3 Å². The Kier molecular flexibility index (Phi) is 7.30. The molecule has 0 N–H and O–H groups in total. The highest BCUT2D eigenvalue weighted by Crippen LogP contribution is 2.32. The summed E-state index contributed by atoms with van der Waals surface area (Å²) in [6.07, 6.45) is 4.07. The quantitative estimate of drug-likeness (QED) is 0.531. The van der Waals surface area contributed by atoms with Gasteiger partial charge in [0, 0.05) is 0 Å². The minimum Gasteiger partial charge on any atom is -0.0651 e. The topological polar surface area (TPSA) is 0 Å². The zero-order valence-electron chi connectivity index (χ0n) is 12.0. The van der Waals surface area contributed by atoms with Gasteiger partial charge in [0.25, 0.3) is 0 Å². The van der Waals surface area contributed by atoms with E-state index in [1.165, 1.54) is 19.3 Å². The van der Waals surface area contributed by atoms with E-state index >= 15 is 0 Å². The molecule has 0 aromatic heterocycles. The highest BCUT2D eigenvalue weighted by atomic mass is 14.3. The van der Waals surface area contributed by atoms with Gasteiger partial charge in [-0.3, -0.25) is 0 Å². The Morgan fingerprint density at radius 3 is 1.47 bits per heavy atom. The molecule has 0 heterocycles. The maximum atomic E-state index is 2.44. The van der Waals surface area contributed by atoms with Gasteiger partial charge in [0.05, 0.1) is 0 Å². The van der Waals surface area contributed by atoms with Crippen LogP contribution < -0.4 is 0 Å². The molecule has 0 rings (SSSR count). The van der Waals surface area contributed by atoms with Crippen molar-refractivity contribution in [1.82, 2.24) is 0 Å². The largest absolute Gasteiger partial charge is 0.0651 e. The van der Waals surface area contributed by atoms with Gasteiger partial charge in [-0.25, -0.2) is 0 Å². The Labute approximate surface area is 97.8 Å². The normalized spacial score (nSPS) is 20.0. The van der Waals surface area contributed by atoms with Gasteiger partial charge in [0.1, 0.15) is 0 Å². The molecule has 0 saturated carbocycles. The third-order valence-corrected chi connectivity index (χ3v) is 4.49. The first kappa shape index (κ1) is 15.0. The lowest BCUT2D eigenvalue weighted by Crippen LogP contribution is -2.22. The standard InChI is InChI=1S/C15H32/c1-8-12(5)14(7)10-15(11(3)4)13(6)9-2/h11-15H,8-10H2,1-7H3. The van der Waals surface area contributed by atoms with E-state index in [9.17, 15) is 0 Å². The van der Waals surface area contributed by atoms with E-state index in [0.717, 1.165) is 29.6 Å². The Balaban J connectivity index is 4.28. The number of rotatable bonds is 7. The van der Waals surface area contributed by atoms with Crippen molar-refractivity contribution in [3.63, 3.8) is 0 Å². The zero-order valence-corrected chi connectivity index (χ0v) is 12.0. The summed E-state index contributed by atoms with van der Waals surface area (Å²) < 4.78 is 0. The fourth-order valence-corrected chi connectivity index (χ4v) is 2.53. The second-order valence-corrected chi connectivity index (χ2v) is 5.89. The highest BCUT2D eigenvalue weighted by Gasteiger charge is 2.23. The Hall–Kier alpha value is 0. The van der Waals surface area contributed by atoms with Crippen LogP contribution in [0.15, 0.2) is 0 Å². The van der Waals surface area contributed by atoms with Gasteiger partial charge in [-0.05, 0) is 36.0 Å². The van der Waals surface area contributed by atoms with Crippen molar-refractivity contribution in [3.8, 4) is 0 Å². The molecule has 0 aromatic rings. The average Bonchev–Trinajstić information content (AvgIpc) is 2.22. The molecule has 0 aromatic carbocycles. The Morgan fingerprint density at radius 2 is 1.13 bits per heavy atom. The maximum absolute atomic E-state index is 2.44. The van der Waals surface area contributed by atoms with Gasteiger partial charge in [-0.2, -0.15) is 0 Å². The minimum atomic E-state index is 0.839. The van der Waals surface area contributed by atoms with Crippen LogP contribution >= 0.6 is 0 Å². The molecule has 0 amide bonds. The minimum absolute atomic E-state index is 0.839. The molecule has 0 aliphatic rings.